The predicted octanol–water partition coefficient (Wildman–Crippen LogP) is 2.98. The molecule has 0 amide bonds. The standard InChI is InChI=1S/C12H18Se/c1-2-9-5-8(1)10-6-12(11(9)10)3-4-13-7-12/h8-11H,1-7H2. The van der Waals surface area contributed by atoms with Gasteiger partial charge in [0.1, 0.15) is 0 Å². The van der Waals surface area contributed by atoms with Gasteiger partial charge in [-0.05, 0) is 0 Å². The van der Waals surface area contributed by atoms with Crippen molar-refractivity contribution in [2.24, 2.45) is 29.1 Å². The molecule has 1 spiro atoms. The normalized spacial score (nSPS) is 62.8. The molecule has 3 aliphatic carbocycles. The van der Waals surface area contributed by atoms with Crippen LogP contribution in [0.25, 0.3) is 0 Å². The second-order valence-corrected chi connectivity index (χ2v) is 8.21. The van der Waals surface area contributed by atoms with Gasteiger partial charge in [0.05, 0.1) is 0 Å². The van der Waals surface area contributed by atoms with Crippen molar-refractivity contribution in [3.63, 3.8) is 0 Å². The molecule has 1 heterocycles. The molecule has 4 fully saturated rings. The van der Waals surface area contributed by atoms with E-state index in [2.05, 4.69) is 0 Å². The first-order valence-corrected chi connectivity index (χ1v) is 8.39. The zero-order valence-corrected chi connectivity index (χ0v) is 9.88. The summed E-state index contributed by atoms with van der Waals surface area (Å²) in [4.78, 5) is 0. The van der Waals surface area contributed by atoms with Gasteiger partial charge in [-0.1, -0.05) is 0 Å². The monoisotopic (exact) mass is 242 g/mol. The Balaban J connectivity index is 1.67. The van der Waals surface area contributed by atoms with Crippen LogP contribution in [0.3, 0.4) is 0 Å². The van der Waals surface area contributed by atoms with Crippen LogP contribution in [0, 0.1) is 29.1 Å². The first-order chi connectivity index (χ1) is 6.39. The second kappa shape index (κ2) is 2.36. The van der Waals surface area contributed by atoms with Crippen LogP contribution in [-0.4, -0.2) is 15.0 Å². The molecular formula is C12H18Se. The molecule has 13 heavy (non-hydrogen) atoms. The first kappa shape index (κ1) is 7.76. The van der Waals surface area contributed by atoms with E-state index in [4.69, 9.17) is 0 Å². The maximum absolute atomic E-state index is 1.67. The molecular weight excluding hydrogens is 223 g/mol. The molecule has 0 aromatic carbocycles. The second-order valence-electron chi connectivity index (χ2n) is 5.89. The van der Waals surface area contributed by atoms with Crippen molar-refractivity contribution < 1.29 is 0 Å². The number of rotatable bonds is 0. The van der Waals surface area contributed by atoms with E-state index < -0.39 is 0 Å². The van der Waals surface area contributed by atoms with Gasteiger partial charge in [-0.3, -0.25) is 0 Å². The summed E-state index contributed by atoms with van der Waals surface area (Å²) in [5.41, 5.74) is 0.949. The zero-order valence-electron chi connectivity index (χ0n) is 8.17. The molecule has 2 bridgehead atoms. The van der Waals surface area contributed by atoms with E-state index in [0.717, 1.165) is 20.4 Å². The van der Waals surface area contributed by atoms with Crippen LogP contribution >= 0.6 is 0 Å². The van der Waals surface area contributed by atoms with Crippen LogP contribution in [0.1, 0.15) is 32.1 Å². The fourth-order valence-corrected chi connectivity index (χ4v) is 8.42. The average molecular weight is 241 g/mol. The van der Waals surface area contributed by atoms with Crippen LogP contribution < -0.4 is 0 Å². The maximum atomic E-state index is 1.67. The van der Waals surface area contributed by atoms with Gasteiger partial charge in [-0.2, -0.15) is 0 Å². The molecule has 4 rings (SSSR count). The third-order valence-electron chi connectivity index (χ3n) is 5.57. The summed E-state index contributed by atoms with van der Waals surface area (Å²) in [7, 11) is 0. The molecule has 5 unspecified atom stereocenters. The Labute approximate surface area is 87.0 Å². The molecule has 1 saturated heterocycles. The molecule has 0 aromatic heterocycles. The Morgan fingerprint density at radius 2 is 2.08 bits per heavy atom. The van der Waals surface area contributed by atoms with Crippen LogP contribution in [-0.2, 0) is 0 Å². The van der Waals surface area contributed by atoms with Crippen LogP contribution in [0.4, 0.5) is 0 Å². The Kier molecular flexibility index (Phi) is 1.41. The molecule has 0 aromatic rings. The van der Waals surface area contributed by atoms with Crippen LogP contribution in [0.2, 0.25) is 10.6 Å². The van der Waals surface area contributed by atoms with E-state index in [9.17, 15) is 0 Å². The summed E-state index contributed by atoms with van der Waals surface area (Å²) in [6.45, 7) is 0. The summed E-state index contributed by atoms with van der Waals surface area (Å²) in [5, 5.41) is 3.29. The van der Waals surface area contributed by atoms with Gasteiger partial charge in [-0.15, -0.1) is 0 Å². The SMILES string of the molecule is C1CC2(C[Se]1)CC1C3CCC(C3)C12. The summed E-state index contributed by atoms with van der Waals surface area (Å²) in [5.74, 6) is 4.88. The Hall–Kier alpha value is 0.519. The molecule has 72 valence electrons. The Morgan fingerprint density at radius 1 is 1.15 bits per heavy atom. The van der Waals surface area contributed by atoms with E-state index in [0.29, 0.717) is 0 Å². The quantitative estimate of drug-likeness (QED) is 0.572. The van der Waals surface area contributed by atoms with E-state index in [-0.39, 0.29) is 0 Å². The van der Waals surface area contributed by atoms with E-state index >= 15 is 0 Å². The summed E-state index contributed by atoms with van der Waals surface area (Å²) >= 11 is 1.05. The van der Waals surface area contributed by atoms with Gasteiger partial charge >= 0.3 is 86.8 Å². The zero-order chi connectivity index (χ0) is 8.47. The van der Waals surface area contributed by atoms with Gasteiger partial charge in [0.25, 0.3) is 0 Å². The topological polar surface area (TPSA) is 0 Å². The fraction of sp³-hybridized carbons (Fsp3) is 1.00. The molecule has 3 saturated carbocycles. The molecule has 1 heteroatoms. The fourth-order valence-electron chi connectivity index (χ4n) is 5.15. The molecule has 0 nitrogen and oxygen atoms in total. The first-order valence-electron chi connectivity index (χ1n) is 5.97. The minimum absolute atomic E-state index is 0.949. The van der Waals surface area contributed by atoms with Gasteiger partial charge in [0.15, 0.2) is 0 Å². The van der Waals surface area contributed by atoms with Gasteiger partial charge in [-0.25, -0.2) is 0 Å². The number of hydrogen-bond donors (Lipinski definition) is 0. The van der Waals surface area contributed by atoms with E-state index in [1.807, 2.05) is 0 Å². The number of hydrogen-bond acceptors (Lipinski definition) is 0. The van der Waals surface area contributed by atoms with Crippen molar-refractivity contribution in [3.05, 3.63) is 0 Å². The van der Waals surface area contributed by atoms with Gasteiger partial charge in [0, 0.05) is 0 Å². The Bertz CT molecular complexity index is 240. The summed E-state index contributed by atoms with van der Waals surface area (Å²) in [6, 6.07) is 0. The average Bonchev–Trinajstić information content (AvgIpc) is 2.73. The molecule has 1 aliphatic heterocycles. The molecule has 0 radical (unpaired) electrons. The van der Waals surface area contributed by atoms with Crippen molar-refractivity contribution in [1.82, 2.24) is 0 Å². The summed E-state index contributed by atoms with van der Waals surface area (Å²) in [6.07, 6.45) is 8.16. The van der Waals surface area contributed by atoms with Gasteiger partial charge < -0.3 is 0 Å². The van der Waals surface area contributed by atoms with E-state index in [1.54, 1.807) is 42.7 Å². The summed E-state index contributed by atoms with van der Waals surface area (Å²) < 4.78 is 0. The minimum atomic E-state index is 0.949. The third kappa shape index (κ3) is 0.804. The third-order valence-corrected chi connectivity index (χ3v) is 8.24. The Morgan fingerprint density at radius 3 is 2.85 bits per heavy atom. The molecule has 4 aliphatic rings. The van der Waals surface area contributed by atoms with E-state index in [1.165, 1.54) is 23.7 Å². The molecule has 0 N–H and O–H groups in total. The van der Waals surface area contributed by atoms with Crippen molar-refractivity contribution in [3.8, 4) is 0 Å². The van der Waals surface area contributed by atoms with Crippen molar-refractivity contribution in [2.75, 3.05) is 0 Å². The van der Waals surface area contributed by atoms with Crippen molar-refractivity contribution >= 4 is 15.0 Å². The van der Waals surface area contributed by atoms with Crippen LogP contribution in [0.15, 0.2) is 0 Å². The van der Waals surface area contributed by atoms with Crippen molar-refractivity contribution in [2.45, 2.75) is 42.7 Å². The number of fused-ring (bicyclic) bond motifs is 6. The van der Waals surface area contributed by atoms with Gasteiger partial charge in [0.2, 0.25) is 0 Å². The van der Waals surface area contributed by atoms with Crippen LogP contribution in [0.5, 0.6) is 0 Å². The van der Waals surface area contributed by atoms with Crippen molar-refractivity contribution in [1.29, 1.82) is 0 Å². The predicted molar refractivity (Wildman–Crippen MR) is 54.8 cm³/mol. The molecule has 5 atom stereocenters.